The maximum atomic E-state index is 13.5. The minimum atomic E-state index is -0.352. The van der Waals surface area contributed by atoms with Crippen LogP contribution in [0.1, 0.15) is 20.3 Å². The Morgan fingerprint density at radius 2 is 2.25 bits per heavy atom. The van der Waals surface area contributed by atoms with E-state index in [0.717, 1.165) is 6.42 Å². The molecule has 2 nitrogen and oxygen atoms in total. The fraction of sp³-hybridized carbons (Fsp3) is 0.545. The van der Waals surface area contributed by atoms with Crippen molar-refractivity contribution in [2.75, 3.05) is 11.2 Å². The van der Waals surface area contributed by atoms with E-state index in [1.165, 1.54) is 6.07 Å². The number of hydrogen-bond acceptors (Lipinski definition) is 2. The number of aromatic nitrogens is 1. The maximum Gasteiger partial charge on any atom is 0.166 e. The molecule has 0 aliphatic heterocycles. The third-order valence-electron chi connectivity index (χ3n) is 2.35. The Morgan fingerprint density at radius 1 is 1.56 bits per heavy atom. The Kier molecular flexibility index (Phi) is 5.49. The highest BCUT2D eigenvalue weighted by molar-refractivity contribution is 9.10. The van der Waals surface area contributed by atoms with Gasteiger partial charge in [0.15, 0.2) is 11.6 Å². The highest BCUT2D eigenvalue weighted by Gasteiger charge is 2.15. The lowest BCUT2D eigenvalue weighted by Gasteiger charge is -2.22. The molecule has 0 spiro atoms. The largest absolute Gasteiger partial charge is 0.365 e. The second-order valence-electron chi connectivity index (χ2n) is 3.96. The Balaban J connectivity index is 2.77. The van der Waals surface area contributed by atoms with E-state index in [4.69, 9.17) is 11.6 Å². The van der Waals surface area contributed by atoms with Gasteiger partial charge >= 0.3 is 0 Å². The SMILES string of the molecule is CC(C)C(CCCl)Nc1ncc(Br)cc1F. The zero-order valence-corrected chi connectivity index (χ0v) is 11.6. The molecule has 0 radical (unpaired) electrons. The topological polar surface area (TPSA) is 24.9 Å². The average molecular weight is 310 g/mol. The van der Waals surface area contributed by atoms with E-state index in [1.54, 1.807) is 6.20 Å². The predicted octanol–water partition coefficient (Wildman–Crippen LogP) is 4.05. The van der Waals surface area contributed by atoms with Crippen LogP contribution >= 0.6 is 27.5 Å². The van der Waals surface area contributed by atoms with Gasteiger partial charge in [-0.25, -0.2) is 9.37 Å². The molecule has 1 rings (SSSR count). The molecular weight excluding hydrogens is 294 g/mol. The lowest BCUT2D eigenvalue weighted by atomic mass is 10.0. The Hall–Kier alpha value is -0.350. The molecule has 0 aliphatic carbocycles. The summed E-state index contributed by atoms with van der Waals surface area (Å²) < 4.78 is 14.2. The van der Waals surface area contributed by atoms with Gasteiger partial charge in [-0.3, -0.25) is 0 Å². The molecule has 0 amide bonds. The average Bonchev–Trinajstić information content (AvgIpc) is 2.20. The number of alkyl halides is 1. The Morgan fingerprint density at radius 3 is 2.75 bits per heavy atom. The third-order valence-corrected chi connectivity index (χ3v) is 3.01. The summed E-state index contributed by atoms with van der Waals surface area (Å²) in [6.45, 7) is 4.14. The lowest BCUT2D eigenvalue weighted by Crippen LogP contribution is -2.27. The molecule has 0 bridgehead atoms. The van der Waals surface area contributed by atoms with Crippen molar-refractivity contribution in [2.45, 2.75) is 26.3 Å². The normalized spacial score (nSPS) is 12.9. The number of rotatable bonds is 5. The molecule has 0 saturated heterocycles. The summed E-state index contributed by atoms with van der Waals surface area (Å²) in [7, 11) is 0. The van der Waals surface area contributed by atoms with Gasteiger partial charge in [-0.2, -0.15) is 0 Å². The first-order valence-electron chi connectivity index (χ1n) is 5.18. The summed E-state index contributed by atoms with van der Waals surface area (Å²) in [6.07, 6.45) is 2.36. The molecule has 0 aromatic carbocycles. The van der Waals surface area contributed by atoms with Crippen LogP contribution in [0.5, 0.6) is 0 Å². The van der Waals surface area contributed by atoms with E-state index in [-0.39, 0.29) is 17.7 Å². The summed E-state index contributed by atoms with van der Waals surface area (Å²) >= 11 is 8.88. The summed E-state index contributed by atoms with van der Waals surface area (Å²) in [4.78, 5) is 4.01. The lowest BCUT2D eigenvalue weighted by molar-refractivity contribution is 0.506. The Bertz CT molecular complexity index is 347. The standard InChI is InChI=1S/C11H15BrClFN2/c1-7(2)10(3-4-13)16-11-9(14)5-8(12)6-15-11/h5-7,10H,3-4H2,1-2H3,(H,15,16). The van der Waals surface area contributed by atoms with Gasteiger partial charge in [-0.05, 0) is 34.3 Å². The molecule has 1 aromatic heterocycles. The number of anilines is 1. The molecular formula is C11H15BrClFN2. The van der Waals surface area contributed by atoms with Gasteiger partial charge in [0.2, 0.25) is 0 Å². The molecule has 1 aromatic rings. The second-order valence-corrected chi connectivity index (χ2v) is 5.25. The minimum Gasteiger partial charge on any atom is -0.365 e. The van der Waals surface area contributed by atoms with E-state index < -0.39 is 0 Å². The van der Waals surface area contributed by atoms with Crippen molar-refractivity contribution in [3.63, 3.8) is 0 Å². The van der Waals surface area contributed by atoms with Gasteiger partial charge in [0, 0.05) is 22.6 Å². The second kappa shape index (κ2) is 6.40. The molecule has 1 N–H and O–H groups in total. The first-order chi connectivity index (χ1) is 7.54. The third kappa shape index (κ3) is 3.91. The van der Waals surface area contributed by atoms with E-state index in [0.29, 0.717) is 16.3 Å². The summed E-state index contributed by atoms with van der Waals surface area (Å²) in [5, 5.41) is 3.08. The number of halogens is 3. The minimum absolute atomic E-state index is 0.140. The fourth-order valence-electron chi connectivity index (χ4n) is 1.39. The summed E-state index contributed by atoms with van der Waals surface area (Å²) in [5.41, 5.74) is 0. The molecule has 0 fully saturated rings. The van der Waals surface area contributed by atoms with Gasteiger partial charge in [-0.15, -0.1) is 11.6 Å². The van der Waals surface area contributed by atoms with Crippen LogP contribution in [0, 0.1) is 11.7 Å². The van der Waals surface area contributed by atoms with Gasteiger partial charge in [-0.1, -0.05) is 13.8 Å². The molecule has 0 saturated carbocycles. The van der Waals surface area contributed by atoms with Crippen LogP contribution < -0.4 is 5.32 Å². The number of nitrogens with zero attached hydrogens (tertiary/aromatic N) is 1. The molecule has 16 heavy (non-hydrogen) atoms. The van der Waals surface area contributed by atoms with E-state index in [9.17, 15) is 4.39 Å². The molecule has 0 aliphatic rings. The molecule has 1 atom stereocenters. The van der Waals surface area contributed by atoms with E-state index in [1.807, 2.05) is 0 Å². The summed E-state index contributed by atoms with van der Waals surface area (Å²) in [5.74, 6) is 0.860. The van der Waals surface area contributed by atoms with Gasteiger partial charge in [0.25, 0.3) is 0 Å². The molecule has 90 valence electrons. The molecule has 1 unspecified atom stereocenters. The Labute approximate surface area is 109 Å². The monoisotopic (exact) mass is 308 g/mol. The van der Waals surface area contributed by atoms with Crippen molar-refractivity contribution < 1.29 is 4.39 Å². The van der Waals surface area contributed by atoms with Crippen LogP contribution in [0.15, 0.2) is 16.7 Å². The van der Waals surface area contributed by atoms with Crippen molar-refractivity contribution >= 4 is 33.3 Å². The highest BCUT2D eigenvalue weighted by Crippen LogP contribution is 2.19. The van der Waals surface area contributed by atoms with Crippen molar-refractivity contribution in [1.82, 2.24) is 4.98 Å². The number of nitrogens with one attached hydrogen (secondary N) is 1. The van der Waals surface area contributed by atoms with Gasteiger partial charge in [0.1, 0.15) is 0 Å². The zero-order valence-electron chi connectivity index (χ0n) is 9.30. The van der Waals surface area contributed by atoms with Gasteiger partial charge in [0.05, 0.1) is 0 Å². The quantitative estimate of drug-likeness (QED) is 0.830. The molecule has 1 heterocycles. The molecule has 5 heteroatoms. The smallest absolute Gasteiger partial charge is 0.166 e. The first-order valence-corrected chi connectivity index (χ1v) is 6.51. The van der Waals surface area contributed by atoms with Crippen molar-refractivity contribution in [1.29, 1.82) is 0 Å². The zero-order chi connectivity index (χ0) is 12.1. The maximum absolute atomic E-state index is 13.5. The van der Waals surface area contributed by atoms with E-state index in [2.05, 4.69) is 40.1 Å². The van der Waals surface area contributed by atoms with E-state index >= 15 is 0 Å². The van der Waals surface area contributed by atoms with Crippen LogP contribution in [0.25, 0.3) is 0 Å². The number of hydrogen-bond donors (Lipinski definition) is 1. The highest BCUT2D eigenvalue weighted by atomic mass is 79.9. The van der Waals surface area contributed by atoms with Crippen molar-refractivity contribution in [3.05, 3.63) is 22.6 Å². The number of pyridine rings is 1. The van der Waals surface area contributed by atoms with Crippen LogP contribution in [-0.4, -0.2) is 16.9 Å². The predicted molar refractivity (Wildman–Crippen MR) is 69.5 cm³/mol. The van der Waals surface area contributed by atoms with Gasteiger partial charge < -0.3 is 5.32 Å². The van der Waals surface area contributed by atoms with Crippen molar-refractivity contribution in [3.8, 4) is 0 Å². The summed E-state index contributed by atoms with van der Waals surface area (Å²) in [6, 6.07) is 1.54. The van der Waals surface area contributed by atoms with Crippen LogP contribution in [-0.2, 0) is 0 Å². The fourth-order valence-corrected chi connectivity index (χ4v) is 1.92. The van der Waals surface area contributed by atoms with Crippen LogP contribution in [0.3, 0.4) is 0 Å². The van der Waals surface area contributed by atoms with Crippen LogP contribution in [0.4, 0.5) is 10.2 Å². The van der Waals surface area contributed by atoms with Crippen LogP contribution in [0.2, 0.25) is 0 Å². The van der Waals surface area contributed by atoms with Crippen molar-refractivity contribution in [2.24, 2.45) is 5.92 Å². The first kappa shape index (κ1) is 13.7.